The van der Waals surface area contributed by atoms with E-state index in [1.165, 1.54) is 0 Å². The quantitative estimate of drug-likeness (QED) is 0.838. The number of aromatic nitrogens is 2. The summed E-state index contributed by atoms with van der Waals surface area (Å²) in [6.45, 7) is 0.802. The molecule has 1 aromatic carbocycles. The van der Waals surface area contributed by atoms with E-state index < -0.39 is 0 Å². The molecule has 1 saturated carbocycles. The largest absolute Gasteiger partial charge is 0.337 e. The topological polar surface area (TPSA) is 59.2 Å². The Kier molecular flexibility index (Phi) is 3.48. The van der Waals surface area contributed by atoms with Gasteiger partial charge in [-0.2, -0.15) is 4.98 Å². The Morgan fingerprint density at radius 1 is 1.23 bits per heavy atom. The highest BCUT2D eigenvalue weighted by atomic mass is 79.9. The summed E-state index contributed by atoms with van der Waals surface area (Å²) in [5.74, 6) is 1.62. The van der Waals surface area contributed by atoms with E-state index in [1.807, 2.05) is 29.2 Å². The molecular formula is C16H16BrN3O2. The summed E-state index contributed by atoms with van der Waals surface area (Å²) in [7, 11) is 0. The molecule has 2 fully saturated rings. The van der Waals surface area contributed by atoms with Gasteiger partial charge in [-0.15, -0.1) is 0 Å². The lowest BCUT2D eigenvalue weighted by molar-refractivity contribution is -0.133. The first-order valence-corrected chi connectivity index (χ1v) is 8.42. The van der Waals surface area contributed by atoms with Crippen molar-refractivity contribution in [1.29, 1.82) is 0 Å². The molecule has 1 unspecified atom stereocenters. The fourth-order valence-electron chi connectivity index (χ4n) is 2.94. The summed E-state index contributed by atoms with van der Waals surface area (Å²) in [6, 6.07) is 7.74. The zero-order valence-electron chi connectivity index (χ0n) is 12.0. The van der Waals surface area contributed by atoms with E-state index in [9.17, 15) is 4.79 Å². The molecular weight excluding hydrogens is 346 g/mol. The highest BCUT2D eigenvalue weighted by Crippen LogP contribution is 2.38. The van der Waals surface area contributed by atoms with E-state index in [-0.39, 0.29) is 17.9 Å². The van der Waals surface area contributed by atoms with Gasteiger partial charge in [0.05, 0.1) is 0 Å². The summed E-state index contributed by atoms with van der Waals surface area (Å²) in [6.07, 6.45) is 3.95. The van der Waals surface area contributed by atoms with Crippen LogP contribution in [0.15, 0.2) is 33.3 Å². The first-order chi connectivity index (χ1) is 10.7. The number of carbonyl (C=O) groups excluding carboxylic acids is 1. The number of likely N-dealkylation sites (tertiary alicyclic amines) is 1. The van der Waals surface area contributed by atoms with Crippen LogP contribution in [0.25, 0.3) is 11.4 Å². The van der Waals surface area contributed by atoms with Gasteiger partial charge in [0.2, 0.25) is 17.6 Å². The minimum Gasteiger partial charge on any atom is -0.337 e. The zero-order valence-corrected chi connectivity index (χ0v) is 13.6. The van der Waals surface area contributed by atoms with Gasteiger partial charge in [-0.25, -0.2) is 0 Å². The van der Waals surface area contributed by atoms with Crippen molar-refractivity contribution in [3.63, 3.8) is 0 Å². The Hall–Kier alpha value is -1.69. The van der Waals surface area contributed by atoms with Crippen molar-refractivity contribution in [3.8, 4) is 11.4 Å². The Morgan fingerprint density at radius 2 is 2.00 bits per heavy atom. The molecule has 2 heterocycles. The van der Waals surface area contributed by atoms with Gasteiger partial charge in [0.25, 0.3) is 0 Å². The maximum Gasteiger partial charge on any atom is 0.249 e. The van der Waals surface area contributed by atoms with Crippen LogP contribution in [0.4, 0.5) is 0 Å². The number of hydrogen-bond acceptors (Lipinski definition) is 4. The number of carbonyl (C=O) groups is 1. The maximum absolute atomic E-state index is 12.3. The van der Waals surface area contributed by atoms with E-state index >= 15 is 0 Å². The predicted molar refractivity (Wildman–Crippen MR) is 83.8 cm³/mol. The van der Waals surface area contributed by atoms with Gasteiger partial charge < -0.3 is 9.42 Å². The second-order valence-electron chi connectivity index (χ2n) is 5.93. The molecule has 4 rings (SSSR count). The Morgan fingerprint density at radius 3 is 2.73 bits per heavy atom. The van der Waals surface area contributed by atoms with Crippen LogP contribution in [0.3, 0.4) is 0 Å². The van der Waals surface area contributed by atoms with Crippen molar-refractivity contribution >= 4 is 21.8 Å². The molecule has 2 aliphatic rings. The lowest BCUT2D eigenvalue weighted by Gasteiger charge is -2.21. The van der Waals surface area contributed by atoms with Gasteiger partial charge in [-0.05, 0) is 49.9 Å². The molecule has 0 bridgehead atoms. The van der Waals surface area contributed by atoms with Crippen LogP contribution >= 0.6 is 15.9 Å². The first kappa shape index (κ1) is 13.9. The van der Waals surface area contributed by atoms with Crippen molar-refractivity contribution in [3.05, 3.63) is 34.6 Å². The highest BCUT2D eigenvalue weighted by molar-refractivity contribution is 9.10. The first-order valence-electron chi connectivity index (χ1n) is 7.62. The summed E-state index contributed by atoms with van der Waals surface area (Å²) < 4.78 is 6.46. The summed E-state index contributed by atoms with van der Waals surface area (Å²) in [5.41, 5.74) is 0.913. The molecule has 0 spiro atoms. The molecule has 22 heavy (non-hydrogen) atoms. The fourth-order valence-corrected chi connectivity index (χ4v) is 3.20. The van der Waals surface area contributed by atoms with Crippen molar-refractivity contribution in [2.75, 3.05) is 6.54 Å². The van der Waals surface area contributed by atoms with Gasteiger partial charge in [0.15, 0.2) is 0 Å². The SMILES string of the molecule is O=C(C1CC1)N1CCCC1c1nc(-c2ccc(Br)cc2)no1. The maximum atomic E-state index is 12.3. The van der Waals surface area contributed by atoms with Crippen LogP contribution in [-0.4, -0.2) is 27.5 Å². The van der Waals surface area contributed by atoms with Gasteiger partial charge in [-0.1, -0.05) is 21.1 Å². The summed E-state index contributed by atoms with van der Waals surface area (Å²) >= 11 is 3.41. The Labute approximate surface area is 136 Å². The van der Waals surface area contributed by atoms with Crippen molar-refractivity contribution in [1.82, 2.24) is 15.0 Å². The third kappa shape index (κ3) is 2.56. The monoisotopic (exact) mass is 361 g/mol. The standard InChI is InChI=1S/C16H16BrN3O2/c17-12-7-5-10(6-8-12)14-18-15(22-19-14)13-2-1-9-20(13)16(21)11-3-4-11/h5-8,11,13H,1-4,9H2. The van der Waals surface area contributed by atoms with Crippen LogP contribution in [0.5, 0.6) is 0 Å². The van der Waals surface area contributed by atoms with Gasteiger partial charge in [0.1, 0.15) is 6.04 Å². The van der Waals surface area contributed by atoms with E-state index in [1.54, 1.807) is 0 Å². The predicted octanol–water partition coefficient (Wildman–Crippen LogP) is 3.57. The second kappa shape index (κ2) is 5.50. The third-order valence-corrected chi connectivity index (χ3v) is 4.82. The van der Waals surface area contributed by atoms with Crippen LogP contribution in [0.2, 0.25) is 0 Å². The molecule has 1 aliphatic carbocycles. The number of hydrogen-bond donors (Lipinski definition) is 0. The molecule has 6 heteroatoms. The molecule has 114 valence electrons. The molecule has 1 saturated heterocycles. The summed E-state index contributed by atoms with van der Waals surface area (Å²) in [4.78, 5) is 18.8. The third-order valence-electron chi connectivity index (χ3n) is 4.29. The summed E-state index contributed by atoms with van der Waals surface area (Å²) in [5, 5.41) is 4.08. The molecule has 2 aromatic rings. The number of nitrogens with zero attached hydrogens (tertiary/aromatic N) is 3. The minimum absolute atomic E-state index is 0.0511. The number of benzene rings is 1. The van der Waals surface area contributed by atoms with Gasteiger partial charge >= 0.3 is 0 Å². The number of rotatable bonds is 3. The number of halogens is 1. The molecule has 1 aliphatic heterocycles. The average Bonchev–Trinajstić information content (AvgIpc) is 3.07. The van der Waals surface area contributed by atoms with Crippen molar-refractivity contribution in [2.45, 2.75) is 31.7 Å². The molecule has 0 radical (unpaired) electrons. The lowest BCUT2D eigenvalue weighted by atomic mass is 10.2. The van der Waals surface area contributed by atoms with Gasteiger partial charge in [-0.3, -0.25) is 4.79 Å². The van der Waals surface area contributed by atoms with E-state index in [4.69, 9.17) is 4.52 Å². The van der Waals surface area contributed by atoms with Crippen LogP contribution in [0.1, 0.15) is 37.6 Å². The van der Waals surface area contributed by atoms with E-state index in [2.05, 4.69) is 26.1 Å². The van der Waals surface area contributed by atoms with Crippen LogP contribution < -0.4 is 0 Å². The highest BCUT2D eigenvalue weighted by Gasteiger charge is 2.40. The normalized spacial score (nSPS) is 21.3. The molecule has 0 N–H and O–H groups in total. The van der Waals surface area contributed by atoms with Gasteiger partial charge in [0, 0.05) is 22.5 Å². The average molecular weight is 362 g/mol. The Balaban J connectivity index is 1.57. The second-order valence-corrected chi connectivity index (χ2v) is 6.84. The Bertz CT molecular complexity index is 694. The van der Waals surface area contributed by atoms with Crippen LogP contribution in [-0.2, 0) is 4.79 Å². The smallest absolute Gasteiger partial charge is 0.249 e. The zero-order chi connectivity index (χ0) is 15.1. The van der Waals surface area contributed by atoms with Crippen molar-refractivity contribution < 1.29 is 9.32 Å². The van der Waals surface area contributed by atoms with E-state index in [0.29, 0.717) is 11.7 Å². The lowest BCUT2D eigenvalue weighted by Crippen LogP contribution is -2.31. The molecule has 1 amide bonds. The van der Waals surface area contributed by atoms with Crippen molar-refractivity contribution in [2.24, 2.45) is 5.92 Å². The number of amides is 1. The molecule has 1 atom stereocenters. The fraction of sp³-hybridized carbons (Fsp3) is 0.438. The minimum atomic E-state index is -0.0511. The molecule has 1 aromatic heterocycles. The van der Waals surface area contributed by atoms with E-state index in [0.717, 1.165) is 42.3 Å². The molecule has 5 nitrogen and oxygen atoms in total. The van der Waals surface area contributed by atoms with Crippen LogP contribution in [0, 0.1) is 5.92 Å².